The Labute approximate surface area is 146 Å². The van der Waals surface area contributed by atoms with E-state index in [2.05, 4.69) is 10.1 Å². The Balaban J connectivity index is 1.61. The summed E-state index contributed by atoms with van der Waals surface area (Å²) in [6.07, 6.45) is 3.14. The van der Waals surface area contributed by atoms with Crippen molar-refractivity contribution in [3.05, 3.63) is 52.0 Å². The monoisotopic (exact) mass is 361 g/mol. The van der Waals surface area contributed by atoms with Crippen molar-refractivity contribution in [2.45, 2.75) is 31.8 Å². The van der Waals surface area contributed by atoms with E-state index in [1.807, 2.05) is 24.3 Å². The second-order valence-electron chi connectivity index (χ2n) is 6.58. The average molecular weight is 361 g/mol. The molecule has 1 saturated heterocycles. The van der Waals surface area contributed by atoms with Gasteiger partial charge in [0.2, 0.25) is 10.0 Å². The molecule has 0 unspecified atom stereocenters. The van der Waals surface area contributed by atoms with Crippen LogP contribution in [0.4, 0.5) is 0 Å². The minimum absolute atomic E-state index is 0.0735. The maximum Gasteiger partial charge on any atom is 0.260 e. The number of aliphatic hydroxyl groups is 1. The molecule has 7 nitrogen and oxygen atoms in total. The van der Waals surface area contributed by atoms with E-state index in [-0.39, 0.29) is 25.4 Å². The predicted octanol–water partition coefficient (Wildman–Crippen LogP) is 1.59. The van der Waals surface area contributed by atoms with Crippen LogP contribution in [0.2, 0.25) is 0 Å². The van der Waals surface area contributed by atoms with Gasteiger partial charge in [0.05, 0.1) is 11.4 Å². The van der Waals surface area contributed by atoms with Crippen molar-refractivity contribution < 1.29 is 18.0 Å². The number of benzene rings is 1. The first-order valence-corrected chi connectivity index (χ1v) is 9.64. The molecule has 0 amide bonds. The van der Waals surface area contributed by atoms with Gasteiger partial charge in [-0.1, -0.05) is 29.4 Å². The number of rotatable bonds is 3. The summed E-state index contributed by atoms with van der Waals surface area (Å²) in [5.74, 6) is 0.488. The van der Waals surface area contributed by atoms with Crippen LogP contribution in [0.3, 0.4) is 0 Å². The lowest BCUT2D eigenvalue weighted by Gasteiger charge is -2.23. The Morgan fingerprint density at radius 3 is 2.84 bits per heavy atom. The lowest BCUT2D eigenvalue weighted by molar-refractivity contribution is 0.0194. The zero-order valence-corrected chi connectivity index (χ0v) is 14.7. The molecule has 1 aliphatic heterocycles. The molecule has 4 rings (SSSR count). The van der Waals surface area contributed by atoms with Gasteiger partial charge in [-0.25, -0.2) is 8.42 Å². The van der Waals surface area contributed by atoms with Gasteiger partial charge < -0.3 is 9.63 Å². The number of allylic oxidation sites excluding steroid dienone is 1. The fourth-order valence-electron chi connectivity index (χ4n) is 3.40. The van der Waals surface area contributed by atoms with Crippen LogP contribution in [0, 0.1) is 6.92 Å². The van der Waals surface area contributed by atoms with E-state index in [0.29, 0.717) is 23.6 Å². The van der Waals surface area contributed by atoms with Crippen LogP contribution in [0.1, 0.15) is 35.7 Å². The number of nitrogens with zero attached hydrogens (tertiary/aromatic N) is 3. The van der Waals surface area contributed by atoms with Crippen molar-refractivity contribution in [2.75, 3.05) is 13.1 Å². The van der Waals surface area contributed by atoms with Crippen LogP contribution in [0.5, 0.6) is 0 Å². The predicted molar refractivity (Wildman–Crippen MR) is 90.8 cm³/mol. The van der Waals surface area contributed by atoms with E-state index in [0.717, 1.165) is 11.1 Å². The van der Waals surface area contributed by atoms with Gasteiger partial charge in [0.15, 0.2) is 11.4 Å². The summed E-state index contributed by atoms with van der Waals surface area (Å²) >= 11 is 0. The molecule has 1 N–H and O–H groups in total. The molecule has 2 aromatic rings. The highest BCUT2D eigenvalue weighted by Crippen LogP contribution is 2.36. The van der Waals surface area contributed by atoms with E-state index < -0.39 is 15.6 Å². The van der Waals surface area contributed by atoms with Crippen LogP contribution in [0.15, 0.2) is 33.7 Å². The van der Waals surface area contributed by atoms with Gasteiger partial charge in [-0.3, -0.25) is 0 Å². The number of fused-ring (bicyclic) bond motifs is 1. The minimum Gasteiger partial charge on any atom is -0.379 e. The van der Waals surface area contributed by atoms with Crippen molar-refractivity contribution in [3.63, 3.8) is 0 Å². The number of sulfonamides is 1. The van der Waals surface area contributed by atoms with Gasteiger partial charge in [-0.15, -0.1) is 0 Å². The van der Waals surface area contributed by atoms with Gasteiger partial charge in [0, 0.05) is 13.0 Å². The molecule has 8 heteroatoms. The molecule has 132 valence electrons. The molecule has 2 aliphatic rings. The van der Waals surface area contributed by atoms with Gasteiger partial charge in [0.1, 0.15) is 0 Å². The van der Waals surface area contributed by atoms with Gasteiger partial charge in [0.25, 0.3) is 5.89 Å². The summed E-state index contributed by atoms with van der Waals surface area (Å²) in [5.41, 5.74) is 0.664. The van der Waals surface area contributed by atoms with Gasteiger partial charge in [-0.05, 0) is 37.0 Å². The van der Waals surface area contributed by atoms with Crippen LogP contribution in [-0.2, 0) is 22.0 Å². The molecule has 0 saturated carbocycles. The number of β-amino-alcohol motifs (C(OH)–C–C–N with tert-alkyl or cyclic N) is 1. The zero-order chi connectivity index (χ0) is 17.7. The molecular formula is C17H19N3O4S. The third-order valence-electron chi connectivity index (χ3n) is 4.82. The first-order valence-electron chi connectivity index (χ1n) is 8.20. The summed E-state index contributed by atoms with van der Waals surface area (Å²) in [6.45, 7) is 1.80. The van der Waals surface area contributed by atoms with Crippen molar-refractivity contribution in [1.29, 1.82) is 0 Å². The molecule has 1 aromatic carbocycles. The van der Waals surface area contributed by atoms with Crippen LogP contribution < -0.4 is 0 Å². The van der Waals surface area contributed by atoms with E-state index in [9.17, 15) is 13.5 Å². The summed E-state index contributed by atoms with van der Waals surface area (Å²) in [7, 11) is -3.63. The molecule has 1 aliphatic carbocycles. The second-order valence-corrected chi connectivity index (χ2v) is 8.57. The second kappa shape index (κ2) is 5.76. The van der Waals surface area contributed by atoms with E-state index in [1.54, 1.807) is 13.0 Å². The summed E-state index contributed by atoms with van der Waals surface area (Å²) in [4.78, 5) is 4.45. The Bertz CT molecular complexity index is 950. The fourth-order valence-corrected chi connectivity index (χ4v) is 5.08. The molecule has 2 heterocycles. The lowest BCUT2D eigenvalue weighted by atomic mass is 9.98. The minimum atomic E-state index is -3.63. The zero-order valence-electron chi connectivity index (χ0n) is 13.8. The van der Waals surface area contributed by atoms with Crippen molar-refractivity contribution in [1.82, 2.24) is 14.4 Å². The molecule has 25 heavy (non-hydrogen) atoms. The highest BCUT2D eigenvalue weighted by molar-refractivity contribution is 7.93. The summed E-state index contributed by atoms with van der Waals surface area (Å²) < 4.78 is 32.4. The number of hydrogen-bond donors (Lipinski definition) is 1. The van der Waals surface area contributed by atoms with Crippen LogP contribution in [-0.4, -0.2) is 41.1 Å². The molecule has 0 spiro atoms. The molecule has 0 radical (unpaired) electrons. The first kappa shape index (κ1) is 16.4. The maximum atomic E-state index is 13.0. The topological polar surface area (TPSA) is 96.5 Å². The quantitative estimate of drug-likeness (QED) is 0.892. The number of aryl methyl sites for hydroxylation is 2. The third-order valence-corrected chi connectivity index (χ3v) is 6.80. The Morgan fingerprint density at radius 2 is 2.08 bits per heavy atom. The lowest BCUT2D eigenvalue weighted by Crippen LogP contribution is -2.35. The average Bonchev–Trinajstić information content (AvgIpc) is 3.22. The Kier molecular flexibility index (Phi) is 3.78. The summed E-state index contributed by atoms with van der Waals surface area (Å²) in [5, 5.41) is 14.4. The maximum absolute atomic E-state index is 13.0. The third kappa shape index (κ3) is 2.80. The smallest absolute Gasteiger partial charge is 0.260 e. The summed E-state index contributed by atoms with van der Waals surface area (Å²) in [6, 6.07) is 7.80. The highest BCUT2D eigenvalue weighted by Gasteiger charge is 2.47. The molecular weight excluding hydrogens is 342 g/mol. The fraction of sp³-hybridized carbons (Fsp3) is 0.412. The van der Waals surface area contributed by atoms with E-state index >= 15 is 0 Å². The number of aromatic nitrogens is 2. The molecule has 1 aromatic heterocycles. The van der Waals surface area contributed by atoms with Crippen LogP contribution >= 0.6 is 0 Å². The first-order chi connectivity index (χ1) is 11.9. The standard InChI is InChI=1S/C17H19N3O4S/c1-12-18-16(24-19-12)17(21)8-9-20(11-17)25(22,23)15-7-6-13-4-2-3-5-14(13)10-15/h2-5,10,21H,6-9,11H2,1H3/t17-/m0/s1. The largest absolute Gasteiger partial charge is 0.379 e. The van der Waals surface area contributed by atoms with Gasteiger partial charge >= 0.3 is 0 Å². The van der Waals surface area contributed by atoms with Crippen LogP contribution in [0.25, 0.3) is 6.08 Å². The molecule has 1 atom stereocenters. The van der Waals surface area contributed by atoms with Crippen molar-refractivity contribution in [2.24, 2.45) is 0 Å². The van der Waals surface area contributed by atoms with Crippen molar-refractivity contribution in [3.8, 4) is 0 Å². The Morgan fingerprint density at radius 1 is 1.28 bits per heavy atom. The normalized spacial score (nSPS) is 24.2. The SMILES string of the molecule is Cc1noc([C@]2(O)CCN(S(=O)(=O)C3=Cc4ccccc4CC3)C2)n1. The molecule has 0 bridgehead atoms. The van der Waals surface area contributed by atoms with Crippen molar-refractivity contribution >= 4 is 16.1 Å². The highest BCUT2D eigenvalue weighted by atomic mass is 32.2. The van der Waals surface area contributed by atoms with Gasteiger partial charge in [-0.2, -0.15) is 9.29 Å². The Hall–Kier alpha value is -2.03. The van der Waals surface area contributed by atoms with E-state index in [1.165, 1.54) is 4.31 Å². The van der Waals surface area contributed by atoms with E-state index in [4.69, 9.17) is 4.52 Å². The number of hydrogen-bond acceptors (Lipinski definition) is 6. The molecule has 1 fully saturated rings.